The second-order valence-electron chi connectivity index (χ2n) is 7.25. The molecule has 0 spiro atoms. The van der Waals surface area contributed by atoms with Gasteiger partial charge in [-0.05, 0) is 63.2 Å². The van der Waals surface area contributed by atoms with Crippen molar-refractivity contribution >= 4 is 21.1 Å². The van der Waals surface area contributed by atoms with Crippen molar-refractivity contribution in [3.63, 3.8) is 0 Å². The molecule has 30 heavy (non-hydrogen) atoms. The van der Waals surface area contributed by atoms with E-state index < -0.39 is 27.3 Å². The number of nitrogens with zero attached hydrogens (tertiary/aromatic N) is 3. The quantitative estimate of drug-likeness (QED) is 0.651. The lowest BCUT2D eigenvalue weighted by molar-refractivity contribution is -0.137. The van der Waals surface area contributed by atoms with E-state index in [1.165, 1.54) is 30.3 Å². The third-order valence-corrected chi connectivity index (χ3v) is 6.31. The van der Waals surface area contributed by atoms with Gasteiger partial charge >= 0.3 is 6.18 Å². The number of aromatic nitrogens is 2. The fourth-order valence-electron chi connectivity index (χ4n) is 3.25. The maximum Gasteiger partial charge on any atom is 0.416 e. The fraction of sp³-hybridized carbons (Fsp3) is 0.300. The molecule has 0 radical (unpaired) electrons. The summed E-state index contributed by atoms with van der Waals surface area (Å²) in [6.45, 7) is 5.23. The summed E-state index contributed by atoms with van der Waals surface area (Å²) in [6.07, 6.45) is -4.50. The molecular weight excluding hydrogens is 417 g/mol. The zero-order valence-corrected chi connectivity index (χ0v) is 17.3. The fourth-order valence-corrected chi connectivity index (χ4v) is 4.62. The summed E-state index contributed by atoms with van der Waals surface area (Å²) >= 11 is 0. The Labute approximate surface area is 172 Å². The van der Waals surface area contributed by atoms with Gasteiger partial charge in [0, 0.05) is 6.54 Å². The molecule has 0 atom stereocenters. The molecule has 0 aliphatic carbocycles. The zero-order valence-electron chi connectivity index (χ0n) is 16.4. The van der Waals surface area contributed by atoms with E-state index in [0.717, 1.165) is 12.1 Å². The molecule has 6 nitrogen and oxygen atoms in total. The van der Waals surface area contributed by atoms with Gasteiger partial charge in [0.15, 0.2) is 0 Å². The first-order chi connectivity index (χ1) is 13.9. The zero-order chi connectivity index (χ0) is 22.3. The Morgan fingerprint density at radius 1 is 1.13 bits per heavy atom. The number of aryl methyl sites for hydroxylation is 1. The predicted octanol–water partition coefficient (Wildman–Crippen LogP) is 4.16. The van der Waals surface area contributed by atoms with Crippen molar-refractivity contribution in [1.82, 2.24) is 14.3 Å². The van der Waals surface area contributed by atoms with Crippen LogP contribution in [0.1, 0.15) is 37.7 Å². The van der Waals surface area contributed by atoms with Crippen molar-refractivity contribution in [3.05, 3.63) is 59.4 Å². The van der Waals surface area contributed by atoms with Crippen molar-refractivity contribution in [1.29, 1.82) is 5.26 Å². The van der Waals surface area contributed by atoms with Gasteiger partial charge in [0.25, 0.3) is 0 Å². The Hall–Kier alpha value is -2.90. The van der Waals surface area contributed by atoms with Gasteiger partial charge in [0.2, 0.25) is 10.0 Å². The van der Waals surface area contributed by atoms with Crippen molar-refractivity contribution < 1.29 is 21.6 Å². The third-order valence-electron chi connectivity index (χ3n) is 4.63. The average Bonchev–Trinajstić information content (AvgIpc) is 3.05. The highest BCUT2D eigenvalue weighted by molar-refractivity contribution is 7.89. The summed E-state index contributed by atoms with van der Waals surface area (Å²) in [5.74, 6) is 0.288. The van der Waals surface area contributed by atoms with Crippen molar-refractivity contribution in [2.45, 2.75) is 43.9 Å². The number of benzene rings is 2. The number of rotatable bonds is 5. The SMILES string of the molecule is CCn1c(C(C)(C)NS(=O)(=O)c2ccc(C#N)cc2)nc2ccc(C(F)(F)F)cc21. The van der Waals surface area contributed by atoms with Gasteiger partial charge in [-0.15, -0.1) is 0 Å². The highest BCUT2D eigenvalue weighted by atomic mass is 32.2. The van der Waals surface area contributed by atoms with E-state index in [9.17, 15) is 21.6 Å². The number of hydrogen-bond acceptors (Lipinski definition) is 4. The Bertz CT molecular complexity index is 1240. The second-order valence-corrected chi connectivity index (χ2v) is 8.93. The van der Waals surface area contributed by atoms with Crippen molar-refractivity contribution in [2.75, 3.05) is 0 Å². The van der Waals surface area contributed by atoms with Crippen LogP contribution in [-0.4, -0.2) is 18.0 Å². The van der Waals surface area contributed by atoms with Crippen LogP contribution < -0.4 is 4.72 Å². The maximum atomic E-state index is 13.1. The lowest BCUT2D eigenvalue weighted by Crippen LogP contribution is -2.42. The second kappa shape index (κ2) is 7.41. The Morgan fingerprint density at radius 3 is 2.30 bits per heavy atom. The standard InChI is InChI=1S/C20H19F3N4O2S/c1-4-27-17-11-14(20(21,22)23)7-10-16(17)25-18(27)19(2,3)26-30(28,29)15-8-5-13(12-24)6-9-15/h5-11,26H,4H2,1-3H3. The van der Waals surface area contributed by atoms with E-state index in [4.69, 9.17) is 5.26 Å². The largest absolute Gasteiger partial charge is 0.416 e. The summed E-state index contributed by atoms with van der Waals surface area (Å²) in [5.41, 5.74) is -1.09. The first-order valence-corrected chi connectivity index (χ1v) is 10.5. The molecule has 0 aliphatic rings. The molecule has 1 heterocycles. The van der Waals surface area contributed by atoms with Crippen LogP contribution in [0.5, 0.6) is 0 Å². The van der Waals surface area contributed by atoms with Gasteiger partial charge in [0.05, 0.1) is 38.7 Å². The normalized spacial score (nSPS) is 12.8. The van der Waals surface area contributed by atoms with Crippen LogP contribution in [0.25, 0.3) is 11.0 Å². The van der Waals surface area contributed by atoms with Crippen molar-refractivity contribution in [3.8, 4) is 6.07 Å². The van der Waals surface area contributed by atoms with E-state index in [2.05, 4.69) is 9.71 Å². The first kappa shape index (κ1) is 21.8. The molecule has 1 N–H and O–H groups in total. The van der Waals surface area contributed by atoms with E-state index in [0.29, 0.717) is 17.6 Å². The Morgan fingerprint density at radius 2 is 1.77 bits per heavy atom. The Balaban J connectivity index is 2.05. The molecule has 0 saturated carbocycles. The minimum atomic E-state index is -4.50. The summed E-state index contributed by atoms with van der Waals surface area (Å²) in [5, 5.41) is 8.87. The molecule has 3 rings (SSSR count). The smallest absolute Gasteiger partial charge is 0.327 e. The van der Waals surface area contributed by atoms with Crippen molar-refractivity contribution in [2.24, 2.45) is 0 Å². The average molecular weight is 436 g/mol. The van der Waals surface area contributed by atoms with E-state index in [1.54, 1.807) is 25.3 Å². The maximum absolute atomic E-state index is 13.1. The van der Waals surface area contributed by atoms with Gasteiger partial charge in [0.1, 0.15) is 5.82 Å². The van der Waals surface area contributed by atoms with Crippen LogP contribution in [0, 0.1) is 11.3 Å². The summed E-state index contributed by atoms with van der Waals surface area (Å²) < 4.78 is 69.2. The van der Waals surface area contributed by atoms with Crippen LogP contribution in [0.15, 0.2) is 47.4 Å². The molecule has 0 fully saturated rings. The number of fused-ring (bicyclic) bond motifs is 1. The number of imidazole rings is 1. The molecule has 10 heteroatoms. The molecule has 158 valence electrons. The molecule has 2 aromatic carbocycles. The number of sulfonamides is 1. The molecule has 0 saturated heterocycles. The number of alkyl halides is 3. The van der Waals surface area contributed by atoms with Crippen LogP contribution in [0.4, 0.5) is 13.2 Å². The van der Waals surface area contributed by atoms with Gasteiger partial charge < -0.3 is 4.57 Å². The van der Waals surface area contributed by atoms with Crippen LogP contribution in [-0.2, 0) is 28.3 Å². The Kier molecular flexibility index (Phi) is 5.39. The minimum absolute atomic E-state index is 0.0342. The molecule has 3 aromatic rings. The number of halogens is 3. The lowest BCUT2D eigenvalue weighted by Gasteiger charge is -2.26. The monoisotopic (exact) mass is 436 g/mol. The van der Waals surface area contributed by atoms with Crippen LogP contribution in [0.3, 0.4) is 0 Å². The topological polar surface area (TPSA) is 87.8 Å². The molecule has 0 aliphatic heterocycles. The summed E-state index contributed by atoms with van der Waals surface area (Å²) in [4.78, 5) is 4.38. The van der Waals surface area contributed by atoms with Crippen LogP contribution >= 0.6 is 0 Å². The van der Waals surface area contributed by atoms with E-state index >= 15 is 0 Å². The molecular formula is C20H19F3N4O2S. The van der Waals surface area contributed by atoms with E-state index in [-0.39, 0.29) is 16.2 Å². The third kappa shape index (κ3) is 4.04. The number of hydrogen-bond donors (Lipinski definition) is 1. The highest BCUT2D eigenvalue weighted by Crippen LogP contribution is 2.33. The highest BCUT2D eigenvalue weighted by Gasteiger charge is 2.34. The first-order valence-electron chi connectivity index (χ1n) is 9.01. The number of nitriles is 1. The number of nitrogens with one attached hydrogen (secondary N) is 1. The van der Waals surface area contributed by atoms with Gasteiger partial charge in [-0.2, -0.15) is 23.2 Å². The summed E-state index contributed by atoms with van der Waals surface area (Å²) in [7, 11) is -3.98. The van der Waals surface area contributed by atoms with Gasteiger partial charge in [-0.3, -0.25) is 0 Å². The molecule has 0 bridgehead atoms. The summed E-state index contributed by atoms with van der Waals surface area (Å²) in [6, 6.07) is 10.6. The molecule has 0 unspecified atom stereocenters. The minimum Gasteiger partial charge on any atom is -0.327 e. The van der Waals surface area contributed by atoms with Crippen LogP contribution in [0.2, 0.25) is 0 Å². The van der Waals surface area contributed by atoms with Gasteiger partial charge in [-0.1, -0.05) is 0 Å². The lowest BCUT2D eigenvalue weighted by atomic mass is 10.1. The molecule has 0 amide bonds. The predicted molar refractivity (Wildman–Crippen MR) is 105 cm³/mol. The molecule has 1 aromatic heterocycles. The van der Waals surface area contributed by atoms with E-state index in [1.807, 2.05) is 6.07 Å². The van der Waals surface area contributed by atoms with Gasteiger partial charge in [-0.25, -0.2) is 13.4 Å².